The number of aliphatic imine (C=N–C) groups is 1. The van der Waals surface area contributed by atoms with Crippen LogP contribution in [0.25, 0.3) is 0 Å². The van der Waals surface area contributed by atoms with Crippen LogP contribution >= 0.6 is 0 Å². The molecule has 1 atom stereocenters. The summed E-state index contributed by atoms with van der Waals surface area (Å²) in [6, 6.07) is 18.0. The van der Waals surface area contributed by atoms with Crippen molar-refractivity contribution in [3.05, 3.63) is 60.7 Å². The minimum atomic E-state index is -3.28. The number of hydrogen-bond donors (Lipinski definition) is 2. The van der Waals surface area contributed by atoms with Gasteiger partial charge in [-0.25, -0.2) is 8.42 Å². The maximum Gasteiger partial charge on any atom is 0.229 e. The van der Waals surface area contributed by atoms with Crippen molar-refractivity contribution in [1.29, 1.82) is 0 Å². The average Bonchev–Trinajstić information content (AvgIpc) is 3.11. The molecule has 0 radical (unpaired) electrons. The highest BCUT2D eigenvalue weighted by atomic mass is 32.2. The van der Waals surface area contributed by atoms with Crippen molar-refractivity contribution in [2.75, 3.05) is 30.8 Å². The Kier molecular flexibility index (Phi) is 6.87. The van der Waals surface area contributed by atoms with Gasteiger partial charge in [-0.05, 0) is 30.7 Å². The number of guanidine groups is 1. The molecule has 8 heteroatoms. The first-order valence-electron chi connectivity index (χ1n) is 9.60. The van der Waals surface area contributed by atoms with E-state index in [1.165, 1.54) is 0 Å². The predicted molar refractivity (Wildman–Crippen MR) is 115 cm³/mol. The quantitative estimate of drug-likeness (QED) is 0.410. The summed E-state index contributed by atoms with van der Waals surface area (Å²) in [5.41, 5.74) is 0.885. The molecule has 0 saturated carbocycles. The van der Waals surface area contributed by atoms with Crippen molar-refractivity contribution in [3.63, 3.8) is 0 Å². The molecule has 154 valence electrons. The molecule has 1 aliphatic heterocycles. The Morgan fingerprint density at radius 1 is 1.10 bits per heavy atom. The predicted octanol–water partition coefficient (Wildman–Crippen LogP) is 1.82. The summed E-state index contributed by atoms with van der Waals surface area (Å²) >= 11 is 0. The summed E-state index contributed by atoms with van der Waals surface area (Å²) in [6.45, 7) is 1.03. The van der Waals surface area contributed by atoms with E-state index in [0.29, 0.717) is 36.8 Å². The number of para-hydroxylation sites is 1. The molecule has 2 aromatic rings. The van der Waals surface area contributed by atoms with Gasteiger partial charge in [0.25, 0.3) is 0 Å². The SMILES string of the molecule is CN=C(NCCCS(=O)(=O)c1ccccc1)NC1CC(=O)N(c2ccccc2)C1. The second kappa shape index (κ2) is 9.56. The van der Waals surface area contributed by atoms with E-state index in [9.17, 15) is 13.2 Å². The first-order chi connectivity index (χ1) is 14.0. The summed E-state index contributed by atoms with van der Waals surface area (Å²) in [5, 5.41) is 6.39. The Hall–Kier alpha value is -2.87. The van der Waals surface area contributed by atoms with Crippen LogP contribution in [0.3, 0.4) is 0 Å². The number of amides is 1. The summed E-state index contributed by atoms with van der Waals surface area (Å²) < 4.78 is 24.6. The van der Waals surface area contributed by atoms with Crippen molar-refractivity contribution in [1.82, 2.24) is 10.6 Å². The molecule has 0 aromatic heterocycles. The van der Waals surface area contributed by atoms with Crippen LogP contribution in [0.1, 0.15) is 12.8 Å². The zero-order valence-electron chi connectivity index (χ0n) is 16.4. The van der Waals surface area contributed by atoms with E-state index in [4.69, 9.17) is 0 Å². The number of carbonyl (C=O) groups is 1. The van der Waals surface area contributed by atoms with Crippen LogP contribution < -0.4 is 15.5 Å². The zero-order valence-corrected chi connectivity index (χ0v) is 17.2. The van der Waals surface area contributed by atoms with Crippen molar-refractivity contribution in [2.45, 2.75) is 23.8 Å². The van der Waals surface area contributed by atoms with Crippen molar-refractivity contribution >= 4 is 27.4 Å². The second-order valence-electron chi connectivity index (χ2n) is 6.87. The van der Waals surface area contributed by atoms with Gasteiger partial charge in [-0.15, -0.1) is 0 Å². The van der Waals surface area contributed by atoms with Crippen LogP contribution in [0, 0.1) is 0 Å². The number of rotatable bonds is 7. The number of hydrogen-bond acceptors (Lipinski definition) is 4. The lowest BCUT2D eigenvalue weighted by atomic mass is 10.2. The number of nitrogens with one attached hydrogen (secondary N) is 2. The van der Waals surface area contributed by atoms with E-state index in [0.717, 1.165) is 5.69 Å². The van der Waals surface area contributed by atoms with Gasteiger partial charge in [0.2, 0.25) is 5.91 Å². The van der Waals surface area contributed by atoms with E-state index in [1.54, 1.807) is 42.3 Å². The zero-order chi connectivity index (χ0) is 20.7. The van der Waals surface area contributed by atoms with Gasteiger partial charge in [-0.1, -0.05) is 36.4 Å². The Bertz CT molecular complexity index is 946. The van der Waals surface area contributed by atoms with Gasteiger partial charge in [0.15, 0.2) is 15.8 Å². The number of anilines is 1. The fraction of sp³-hybridized carbons (Fsp3) is 0.333. The molecule has 0 bridgehead atoms. The molecule has 1 saturated heterocycles. The van der Waals surface area contributed by atoms with Crippen LogP contribution in [-0.4, -0.2) is 52.2 Å². The molecule has 2 aromatic carbocycles. The molecule has 1 fully saturated rings. The highest BCUT2D eigenvalue weighted by Gasteiger charge is 2.31. The summed E-state index contributed by atoms with van der Waals surface area (Å²) in [6.07, 6.45) is 0.843. The maximum atomic E-state index is 12.3. The second-order valence-corrected chi connectivity index (χ2v) is 8.98. The van der Waals surface area contributed by atoms with Crippen LogP contribution in [0.4, 0.5) is 5.69 Å². The van der Waals surface area contributed by atoms with Gasteiger partial charge in [0, 0.05) is 32.2 Å². The lowest BCUT2D eigenvalue weighted by molar-refractivity contribution is -0.117. The summed E-state index contributed by atoms with van der Waals surface area (Å²) in [5.74, 6) is 0.693. The standard InChI is InChI=1S/C21H26N4O3S/c1-22-21(23-13-8-14-29(27,28)19-11-6-3-7-12-19)24-17-15-20(26)25(16-17)18-9-4-2-5-10-18/h2-7,9-12,17H,8,13-16H2,1H3,(H2,22,23,24). The lowest BCUT2D eigenvalue weighted by Gasteiger charge is -2.19. The third-order valence-corrected chi connectivity index (χ3v) is 6.56. The van der Waals surface area contributed by atoms with E-state index in [2.05, 4.69) is 15.6 Å². The normalized spacial score (nSPS) is 17.4. The van der Waals surface area contributed by atoms with Crippen LogP contribution in [0.2, 0.25) is 0 Å². The minimum absolute atomic E-state index is 0.0537. The lowest BCUT2D eigenvalue weighted by Crippen LogP contribution is -2.45. The van der Waals surface area contributed by atoms with Gasteiger partial charge >= 0.3 is 0 Å². The molecule has 7 nitrogen and oxygen atoms in total. The Labute approximate surface area is 171 Å². The van der Waals surface area contributed by atoms with Gasteiger partial charge < -0.3 is 15.5 Å². The Morgan fingerprint density at radius 3 is 2.41 bits per heavy atom. The third-order valence-electron chi connectivity index (χ3n) is 4.74. The minimum Gasteiger partial charge on any atom is -0.356 e. The summed E-state index contributed by atoms with van der Waals surface area (Å²) in [7, 11) is -1.63. The highest BCUT2D eigenvalue weighted by molar-refractivity contribution is 7.91. The third kappa shape index (κ3) is 5.57. The maximum absolute atomic E-state index is 12.3. The van der Waals surface area contributed by atoms with Crippen molar-refractivity contribution in [3.8, 4) is 0 Å². The smallest absolute Gasteiger partial charge is 0.229 e. The molecule has 0 aliphatic carbocycles. The molecule has 29 heavy (non-hydrogen) atoms. The van der Waals surface area contributed by atoms with E-state index in [1.807, 2.05) is 30.3 Å². The van der Waals surface area contributed by atoms with Crippen LogP contribution in [-0.2, 0) is 14.6 Å². The molecule has 1 amide bonds. The first-order valence-corrected chi connectivity index (χ1v) is 11.3. The molecular weight excluding hydrogens is 388 g/mol. The molecule has 3 rings (SSSR count). The molecule has 1 heterocycles. The largest absolute Gasteiger partial charge is 0.356 e. The number of benzene rings is 2. The van der Waals surface area contributed by atoms with E-state index < -0.39 is 9.84 Å². The van der Waals surface area contributed by atoms with Crippen molar-refractivity contribution in [2.24, 2.45) is 4.99 Å². The van der Waals surface area contributed by atoms with Gasteiger partial charge in [0.05, 0.1) is 16.7 Å². The monoisotopic (exact) mass is 414 g/mol. The topological polar surface area (TPSA) is 90.9 Å². The van der Waals surface area contributed by atoms with Crippen molar-refractivity contribution < 1.29 is 13.2 Å². The fourth-order valence-electron chi connectivity index (χ4n) is 3.26. The van der Waals surface area contributed by atoms with Gasteiger partial charge in [0.1, 0.15) is 0 Å². The molecule has 1 aliphatic rings. The fourth-order valence-corrected chi connectivity index (χ4v) is 4.60. The highest BCUT2D eigenvalue weighted by Crippen LogP contribution is 2.20. The van der Waals surface area contributed by atoms with Crippen LogP contribution in [0.15, 0.2) is 70.6 Å². The molecular formula is C21H26N4O3S. The van der Waals surface area contributed by atoms with Crippen LogP contribution in [0.5, 0.6) is 0 Å². The first kappa shape index (κ1) is 20.9. The number of nitrogens with zero attached hydrogens (tertiary/aromatic N) is 2. The molecule has 1 unspecified atom stereocenters. The van der Waals surface area contributed by atoms with E-state index >= 15 is 0 Å². The van der Waals surface area contributed by atoms with E-state index in [-0.39, 0.29) is 17.7 Å². The number of carbonyl (C=O) groups excluding carboxylic acids is 1. The summed E-state index contributed by atoms with van der Waals surface area (Å²) in [4.78, 5) is 18.6. The average molecular weight is 415 g/mol. The van der Waals surface area contributed by atoms with Gasteiger partial charge in [-0.2, -0.15) is 0 Å². The van der Waals surface area contributed by atoms with Gasteiger partial charge in [-0.3, -0.25) is 9.79 Å². The molecule has 2 N–H and O–H groups in total. The molecule has 0 spiro atoms. The number of sulfone groups is 1. The Balaban J connectivity index is 1.46. The Morgan fingerprint density at radius 2 is 1.76 bits per heavy atom.